The Bertz CT molecular complexity index is 1010. The first-order chi connectivity index (χ1) is 13.6. The highest BCUT2D eigenvalue weighted by atomic mass is 16.3. The highest BCUT2D eigenvalue weighted by Crippen LogP contribution is 2.38. The van der Waals surface area contributed by atoms with E-state index in [9.17, 15) is 9.90 Å². The third-order valence-corrected chi connectivity index (χ3v) is 5.40. The Labute approximate surface area is 164 Å². The fraction of sp³-hybridized carbons (Fsp3) is 0.318. The zero-order valence-corrected chi connectivity index (χ0v) is 16.1. The van der Waals surface area contributed by atoms with Crippen LogP contribution in [-0.2, 0) is 6.67 Å². The highest BCUT2D eigenvalue weighted by molar-refractivity contribution is 5.97. The van der Waals surface area contributed by atoms with Crippen LogP contribution in [0.15, 0.2) is 58.8 Å². The molecule has 0 unspecified atom stereocenters. The van der Waals surface area contributed by atoms with E-state index in [1.165, 1.54) is 24.2 Å². The third-order valence-electron chi connectivity index (χ3n) is 5.40. The number of nitrogens with one attached hydrogen (secondary N) is 1. The standard InChI is InChI=1S/C22H24N4O2/c1-16-9-11-17(12-10-16)21(27)24-23-20-18-7-3-4-8-19(18)26(22(20)28)15-25-13-5-2-6-14-25/h3-4,7-12,28H,2,5-6,13-15H2,1H3/p+1. The molecule has 1 saturated heterocycles. The van der Waals surface area contributed by atoms with Crippen molar-refractivity contribution < 1.29 is 14.8 Å². The number of hydrogen-bond acceptors (Lipinski definition) is 3. The highest BCUT2D eigenvalue weighted by Gasteiger charge is 2.21. The van der Waals surface area contributed by atoms with Gasteiger partial charge in [0, 0.05) is 10.9 Å². The van der Waals surface area contributed by atoms with Crippen LogP contribution in [0.4, 0.5) is 5.69 Å². The summed E-state index contributed by atoms with van der Waals surface area (Å²) in [5.74, 6) is -0.349. The lowest BCUT2D eigenvalue weighted by Gasteiger charge is -2.24. The van der Waals surface area contributed by atoms with Crippen molar-refractivity contribution >= 4 is 22.5 Å². The molecular weight excluding hydrogens is 352 g/mol. The number of aryl methyl sites for hydroxylation is 1. The molecule has 1 aliphatic rings. The van der Waals surface area contributed by atoms with E-state index in [4.69, 9.17) is 0 Å². The van der Waals surface area contributed by atoms with Crippen molar-refractivity contribution in [1.82, 2.24) is 4.57 Å². The van der Waals surface area contributed by atoms with Gasteiger partial charge < -0.3 is 10.0 Å². The Hall–Kier alpha value is -2.99. The number of nitrogens with zero attached hydrogens (tertiary/aromatic N) is 3. The Morgan fingerprint density at radius 3 is 2.54 bits per heavy atom. The van der Waals surface area contributed by atoms with Crippen molar-refractivity contribution in [1.29, 1.82) is 0 Å². The van der Waals surface area contributed by atoms with Gasteiger partial charge in [-0.1, -0.05) is 35.9 Å². The predicted octanol–water partition coefficient (Wildman–Crippen LogP) is 3.61. The number of hydrogen-bond donors (Lipinski definition) is 2. The summed E-state index contributed by atoms with van der Waals surface area (Å²) in [6.07, 6.45) is 3.71. The number of aromatic nitrogens is 1. The molecule has 3 aromatic rings. The summed E-state index contributed by atoms with van der Waals surface area (Å²) >= 11 is 0. The molecule has 1 amide bonds. The molecule has 2 N–H and O–H groups in total. The van der Waals surface area contributed by atoms with Crippen LogP contribution in [0.25, 0.3) is 10.9 Å². The number of quaternary nitrogens is 1. The average molecular weight is 377 g/mol. The molecule has 2 aromatic carbocycles. The van der Waals surface area contributed by atoms with Crippen LogP contribution >= 0.6 is 0 Å². The number of likely N-dealkylation sites (tertiary alicyclic amines) is 1. The van der Waals surface area contributed by atoms with Gasteiger partial charge in [-0.3, -0.25) is 9.36 Å². The fourth-order valence-corrected chi connectivity index (χ4v) is 3.81. The molecule has 1 aliphatic heterocycles. The minimum absolute atomic E-state index is 0.0692. The van der Waals surface area contributed by atoms with Gasteiger partial charge in [-0.05, 0) is 44.4 Å². The summed E-state index contributed by atoms with van der Waals surface area (Å²) in [6.45, 7) is 4.87. The maximum atomic E-state index is 12.3. The first kappa shape index (κ1) is 18.4. The lowest BCUT2D eigenvalue weighted by atomic mass is 10.1. The van der Waals surface area contributed by atoms with Crippen LogP contribution in [0.1, 0.15) is 35.2 Å². The van der Waals surface area contributed by atoms with Gasteiger partial charge in [0.2, 0.25) is 5.88 Å². The SMILES string of the molecule is Cc1ccc(C(=O)N=Nc2c(O)n(C[NH+]3CCCCC3)c3ccccc23)cc1. The van der Waals surface area contributed by atoms with Gasteiger partial charge in [0.1, 0.15) is 0 Å². The molecule has 1 fully saturated rings. The second-order valence-corrected chi connectivity index (χ2v) is 7.46. The predicted molar refractivity (Wildman–Crippen MR) is 108 cm³/mol. The molecule has 0 aliphatic carbocycles. The molecule has 0 spiro atoms. The van der Waals surface area contributed by atoms with Crippen molar-refractivity contribution in [3.8, 4) is 5.88 Å². The number of benzene rings is 2. The van der Waals surface area contributed by atoms with Crippen LogP contribution in [0.3, 0.4) is 0 Å². The molecule has 6 nitrogen and oxygen atoms in total. The minimum Gasteiger partial charge on any atom is -0.493 e. The van der Waals surface area contributed by atoms with E-state index in [-0.39, 0.29) is 5.88 Å². The molecule has 144 valence electrons. The maximum absolute atomic E-state index is 12.3. The number of para-hydroxylation sites is 1. The largest absolute Gasteiger partial charge is 0.493 e. The summed E-state index contributed by atoms with van der Waals surface area (Å²) in [5.41, 5.74) is 2.83. The molecular formula is C22H25N4O2+. The van der Waals surface area contributed by atoms with Crippen LogP contribution in [0, 0.1) is 6.92 Å². The van der Waals surface area contributed by atoms with Crippen molar-refractivity contribution in [3.63, 3.8) is 0 Å². The van der Waals surface area contributed by atoms with Gasteiger partial charge in [0.05, 0.1) is 18.6 Å². The summed E-state index contributed by atoms with van der Waals surface area (Å²) in [6, 6.07) is 14.9. The number of rotatable bonds is 4. The normalized spacial score (nSPS) is 15.5. The molecule has 28 heavy (non-hydrogen) atoms. The molecule has 0 saturated carbocycles. The first-order valence-corrected chi connectivity index (χ1v) is 9.80. The van der Waals surface area contributed by atoms with E-state index >= 15 is 0 Å². The molecule has 0 radical (unpaired) electrons. The zero-order chi connectivity index (χ0) is 19.5. The van der Waals surface area contributed by atoms with Gasteiger partial charge in [-0.25, -0.2) is 0 Å². The molecule has 1 aromatic heterocycles. The zero-order valence-electron chi connectivity index (χ0n) is 16.1. The van der Waals surface area contributed by atoms with Gasteiger partial charge in [0.15, 0.2) is 12.4 Å². The fourth-order valence-electron chi connectivity index (χ4n) is 3.81. The van der Waals surface area contributed by atoms with Crippen molar-refractivity contribution in [3.05, 3.63) is 59.7 Å². The maximum Gasteiger partial charge on any atom is 0.295 e. The number of fused-ring (bicyclic) bond motifs is 1. The van der Waals surface area contributed by atoms with E-state index in [2.05, 4.69) is 10.2 Å². The Balaban J connectivity index is 1.65. The van der Waals surface area contributed by atoms with E-state index < -0.39 is 5.91 Å². The number of carbonyl (C=O) groups is 1. The van der Waals surface area contributed by atoms with Gasteiger partial charge in [-0.15, -0.1) is 10.2 Å². The van der Waals surface area contributed by atoms with Crippen LogP contribution in [0.5, 0.6) is 5.88 Å². The number of azo groups is 1. The number of amides is 1. The molecule has 2 heterocycles. The monoisotopic (exact) mass is 377 g/mol. The quantitative estimate of drug-likeness (QED) is 0.682. The first-order valence-electron chi connectivity index (χ1n) is 9.80. The minimum atomic E-state index is -0.419. The van der Waals surface area contributed by atoms with Crippen molar-refractivity contribution in [2.24, 2.45) is 10.2 Å². The van der Waals surface area contributed by atoms with E-state index in [0.717, 1.165) is 29.6 Å². The number of piperidine rings is 1. The summed E-state index contributed by atoms with van der Waals surface area (Å²) in [4.78, 5) is 13.8. The second-order valence-electron chi connectivity index (χ2n) is 7.46. The van der Waals surface area contributed by atoms with Crippen molar-refractivity contribution in [2.75, 3.05) is 13.1 Å². The molecule has 6 heteroatoms. The topological polar surface area (TPSA) is 71.4 Å². The number of carbonyl (C=O) groups excluding carboxylic acids is 1. The summed E-state index contributed by atoms with van der Waals surface area (Å²) in [7, 11) is 0. The average Bonchev–Trinajstić information content (AvgIpc) is 2.99. The van der Waals surface area contributed by atoms with Gasteiger partial charge >= 0.3 is 0 Å². The van der Waals surface area contributed by atoms with Crippen LogP contribution in [-0.4, -0.2) is 28.7 Å². The van der Waals surface area contributed by atoms with Gasteiger partial charge in [0.25, 0.3) is 5.91 Å². The summed E-state index contributed by atoms with van der Waals surface area (Å²) in [5, 5.41) is 19.7. The lowest BCUT2D eigenvalue weighted by molar-refractivity contribution is -0.927. The molecule has 0 bridgehead atoms. The van der Waals surface area contributed by atoms with E-state index in [0.29, 0.717) is 17.9 Å². The Morgan fingerprint density at radius 1 is 1.07 bits per heavy atom. The second kappa shape index (κ2) is 7.94. The van der Waals surface area contributed by atoms with Crippen molar-refractivity contribution in [2.45, 2.75) is 32.9 Å². The Kier molecular flexibility index (Phi) is 5.21. The lowest BCUT2D eigenvalue weighted by Crippen LogP contribution is -3.12. The smallest absolute Gasteiger partial charge is 0.295 e. The van der Waals surface area contributed by atoms with E-state index in [1.807, 2.05) is 47.9 Å². The molecule has 4 rings (SSSR count). The van der Waals surface area contributed by atoms with Crippen LogP contribution < -0.4 is 4.90 Å². The number of aromatic hydroxyl groups is 1. The van der Waals surface area contributed by atoms with Crippen LogP contribution in [0.2, 0.25) is 0 Å². The Morgan fingerprint density at radius 2 is 1.79 bits per heavy atom. The third kappa shape index (κ3) is 3.68. The summed E-state index contributed by atoms with van der Waals surface area (Å²) < 4.78 is 1.89. The molecule has 0 atom stereocenters. The van der Waals surface area contributed by atoms with Gasteiger partial charge in [-0.2, -0.15) is 0 Å². The van der Waals surface area contributed by atoms with E-state index in [1.54, 1.807) is 12.1 Å².